The van der Waals surface area contributed by atoms with Gasteiger partial charge in [0.1, 0.15) is 6.61 Å². The molecular weight excluding hydrogens is 420 g/mol. The van der Waals surface area contributed by atoms with Crippen molar-refractivity contribution in [1.82, 2.24) is 14.8 Å². The molecule has 4 aromatic rings. The van der Waals surface area contributed by atoms with Gasteiger partial charge in [-0.25, -0.2) is 8.78 Å². The lowest BCUT2D eigenvalue weighted by molar-refractivity contribution is 0.278. The molecule has 0 aliphatic rings. The predicted octanol–water partition coefficient (Wildman–Crippen LogP) is 5.43. The first-order valence-corrected chi connectivity index (χ1v) is 10.5. The smallest absolute Gasteiger partial charge is 0.196 e. The molecular formula is C23H19F2N3O2S. The first-order chi connectivity index (χ1) is 15.2. The molecule has 0 atom stereocenters. The van der Waals surface area contributed by atoms with Gasteiger partial charge in [0.05, 0.1) is 7.11 Å². The Bertz CT molecular complexity index is 1170. The van der Waals surface area contributed by atoms with E-state index in [-0.39, 0.29) is 18.1 Å². The van der Waals surface area contributed by atoms with Gasteiger partial charge in [0.15, 0.2) is 34.1 Å². The Hall–Kier alpha value is -3.39. The molecule has 8 heteroatoms. The minimum Gasteiger partial charge on any atom is -0.494 e. The van der Waals surface area contributed by atoms with E-state index in [4.69, 9.17) is 9.47 Å². The Labute approximate surface area is 182 Å². The van der Waals surface area contributed by atoms with Crippen molar-refractivity contribution < 1.29 is 18.3 Å². The van der Waals surface area contributed by atoms with E-state index in [1.807, 2.05) is 34.9 Å². The number of nitrogens with zero attached hydrogens (tertiary/aromatic N) is 3. The van der Waals surface area contributed by atoms with Crippen molar-refractivity contribution in [2.24, 2.45) is 0 Å². The lowest BCUT2D eigenvalue weighted by Crippen LogP contribution is -2.07. The van der Waals surface area contributed by atoms with Crippen LogP contribution in [0.25, 0.3) is 5.69 Å². The summed E-state index contributed by atoms with van der Waals surface area (Å²) < 4.78 is 40.4. The van der Waals surface area contributed by atoms with Gasteiger partial charge in [-0.15, -0.1) is 10.2 Å². The first kappa shape index (κ1) is 20.9. The van der Waals surface area contributed by atoms with Gasteiger partial charge >= 0.3 is 0 Å². The van der Waals surface area contributed by atoms with Crippen molar-refractivity contribution in [3.63, 3.8) is 0 Å². The minimum atomic E-state index is -0.440. The number of para-hydroxylation sites is 2. The van der Waals surface area contributed by atoms with Crippen molar-refractivity contribution in [2.75, 3.05) is 7.11 Å². The maximum atomic E-state index is 14.0. The van der Waals surface area contributed by atoms with E-state index in [9.17, 15) is 8.78 Å². The topological polar surface area (TPSA) is 49.2 Å². The van der Waals surface area contributed by atoms with E-state index < -0.39 is 11.6 Å². The predicted molar refractivity (Wildman–Crippen MR) is 115 cm³/mol. The third-order valence-electron chi connectivity index (χ3n) is 4.49. The molecule has 0 radical (unpaired) electrons. The number of thioether (sulfide) groups is 1. The highest BCUT2D eigenvalue weighted by Gasteiger charge is 2.16. The summed E-state index contributed by atoms with van der Waals surface area (Å²) in [6.07, 6.45) is 0. The molecule has 4 rings (SSSR count). The number of methoxy groups -OCH3 is 1. The molecule has 0 aliphatic heterocycles. The molecule has 158 valence electrons. The summed E-state index contributed by atoms with van der Waals surface area (Å²) in [5.74, 6) is 0.508. The van der Waals surface area contributed by atoms with Gasteiger partial charge < -0.3 is 9.47 Å². The Morgan fingerprint density at radius 3 is 2.39 bits per heavy atom. The zero-order chi connectivity index (χ0) is 21.6. The number of aromatic nitrogens is 3. The van der Waals surface area contributed by atoms with Crippen molar-refractivity contribution >= 4 is 11.8 Å². The molecule has 0 bridgehead atoms. The van der Waals surface area contributed by atoms with Crippen LogP contribution in [0, 0.1) is 11.6 Å². The van der Waals surface area contributed by atoms with E-state index in [0.717, 1.165) is 11.3 Å². The molecule has 0 aliphatic carbocycles. The van der Waals surface area contributed by atoms with E-state index >= 15 is 0 Å². The van der Waals surface area contributed by atoms with Crippen LogP contribution >= 0.6 is 11.8 Å². The Kier molecular flexibility index (Phi) is 6.47. The van der Waals surface area contributed by atoms with Gasteiger partial charge in [0, 0.05) is 11.4 Å². The monoisotopic (exact) mass is 439 g/mol. The molecule has 0 spiro atoms. The van der Waals surface area contributed by atoms with Crippen molar-refractivity contribution in [3.05, 3.63) is 95.8 Å². The summed E-state index contributed by atoms with van der Waals surface area (Å²) >= 11 is 1.42. The summed E-state index contributed by atoms with van der Waals surface area (Å²) in [5.41, 5.74) is 1.64. The van der Waals surface area contributed by atoms with Gasteiger partial charge in [-0.3, -0.25) is 4.57 Å². The average Bonchev–Trinajstić information content (AvgIpc) is 3.20. The number of hydrogen-bond acceptors (Lipinski definition) is 5. The van der Waals surface area contributed by atoms with E-state index in [1.54, 1.807) is 30.3 Å². The summed E-state index contributed by atoms with van der Waals surface area (Å²) in [6, 6.07) is 20.6. The summed E-state index contributed by atoms with van der Waals surface area (Å²) in [6.45, 7) is 0.0422. The molecule has 5 nitrogen and oxygen atoms in total. The lowest BCUT2D eigenvalue weighted by atomic mass is 10.2. The Balaban J connectivity index is 1.57. The SMILES string of the molecule is COc1ccc(CSc2nnc(COc3ccccc3F)n2-c2ccccc2)cc1F. The third-order valence-corrected chi connectivity index (χ3v) is 5.49. The van der Waals surface area contributed by atoms with Crippen LogP contribution in [-0.4, -0.2) is 21.9 Å². The molecule has 0 saturated carbocycles. The highest BCUT2D eigenvalue weighted by atomic mass is 32.2. The fourth-order valence-electron chi connectivity index (χ4n) is 2.98. The van der Waals surface area contributed by atoms with Gasteiger partial charge in [0.25, 0.3) is 0 Å². The summed E-state index contributed by atoms with van der Waals surface area (Å²) in [7, 11) is 1.43. The van der Waals surface area contributed by atoms with Crippen LogP contribution in [0.1, 0.15) is 11.4 Å². The van der Waals surface area contributed by atoms with E-state index in [2.05, 4.69) is 10.2 Å². The van der Waals surface area contributed by atoms with Crippen LogP contribution < -0.4 is 9.47 Å². The fraction of sp³-hybridized carbons (Fsp3) is 0.130. The van der Waals surface area contributed by atoms with Crippen LogP contribution in [-0.2, 0) is 12.4 Å². The number of hydrogen-bond donors (Lipinski definition) is 0. The molecule has 0 amide bonds. The second kappa shape index (κ2) is 9.61. The molecule has 0 saturated heterocycles. The van der Waals surface area contributed by atoms with Crippen LogP contribution in [0.2, 0.25) is 0 Å². The average molecular weight is 439 g/mol. The maximum absolute atomic E-state index is 14.0. The number of ether oxygens (including phenoxy) is 2. The van der Waals surface area contributed by atoms with Crippen molar-refractivity contribution in [2.45, 2.75) is 17.5 Å². The van der Waals surface area contributed by atoms with Crippen LogP contribution in [0.5, 0.6) is 11.5 Å². The van der Waals surface area contributed by atoms with E-state index in [0.29, 0.717) is 16.7 Å². The Morgan fingerprint density at radius 2 is 1.65 bits per heavy atom. The second-order valence-corrected chi connectivity index (χ2v) is 7.49. The quantitative estimate of drug-likeness (QED) is 0.343. The van der Waals surface area contributed by atoms with Gasteiger partial charge in [-0.1, -0.05) is 48.2 Å². The largest absolute Gasteiger partial charge is 0.494 e. The molecule has 0 unspecified atom stereocenters. The molecule has 0 N–H and O–H groups in total. The molecule has 31 heavy (non-hydrogen) atoms. The number of benzene rings is 3. The summed E-state index contributed by atoms with van der Waals surface area (Å²) in [5, 5.41) is 9.15. The minimum absolute atomic E-state index is 0.0422. The third kappa shape index (κ3) is 4.86. The van der Waals surface area contributed by atoms with Crippen LogP contribution in [0.3, 0.4) is 0 Å². The molecule has 3 aromatic carbocycles. The van der Waals surface area contributed by atoms with Crippen LogP contribution in [0.15, 0.2) is 78.0 Å². The maximum Gasteiger partial charge on any atom is 0.196 e. The molecule has 1 heterocycles. The number of halogens is 2. The zero-order valence-corrected chi connectivity index (χ0v) is 17.5. The van der Waals surface area contributed by atoms with Gasteiger partial charge in [-0.2, -0.15) is 0 Å². The first-order valence-electron chi connectivity index (χ1n) is 9.48. The Morgan fingerprint density at radius 1 is 0.871 bits per heavy atom. The van der Waals surface area contributed by atoms with Crippen LogP contribution in [0.4, 0.5) is 8.78 Å². The van der Waals surface area contributed by atoms with E-state index in [1.165, 1.54) is 31.0 Å². The van der Waals surface area contributed by atoms with Gasteiger partial charge in [-0.05, 0) is 42.0 Å². The molecule has 1 aromatic heterocycles. The fourth-order valence-corrected chi connectivity index (χ4v) is 3.89. The second-order valence-electron chi connectivity index (χ2n) is 6.55. The highest BCUT2D eigenvalue weighted by Crippen LogP contribution is 2.28. The lowest BCUT2D eigenvalue weighted by Gasteiger charge is -2.11. The van der Waals surface area contributed by atoms with Crippen molar-refractivity contribution in [1.29, 1.82) is 0 Å². The normalized spacial score (nSPS) is 10.8. The number of rotatable bonds is 8. The van der Waals surface area contributed by atoms with Crippen molar-refractivity contribution in [3.8, 4) is 17.2 Å². The summed E-state index contributed by atoms with van der Waals surface area (Å²) in [4.78, 5) is 0. The highest BCUT2D eigenvalue weighted by molar-refractivity contribution is 7.98. The molecule has 0 fully saturated rings. The zero-order valence-electron chi connectivity index (χ0n) is 16.7. The standard InChI is InChI=1S/C23H19F2N3O2S/c1-29-20-12-11-16(13-19(20)25)15-31-23-27-26-22(28(23)17-7-3-2-4-8-17)14-30-21-10-6-5-9-18(21)24/h2-13H,14-15H2,1H3. The van der Waals surface area contributed by atoms with Gasteiger partial charge in [0.2, 0.25) is 0 Å².